The van der Waals surface area contributed by atoms with Crippen LogP contribution in [-0.2, 0) is 9.47 Å². The van der Waals surface area contributed by atoms with Gasteiger partial charge in [-0.15, -0.1) is 6.58 Å². The molecule has 0 aromatic heterocycles. The molecule has 4 nitrogen and oxygen atoms in total. The number of rotatable bonds is 8. The van der Waals surface area contributed by atoms with Gasteiger partial charge in [0.25, 0.3) is 0 Å². The molecule has 0 N–H and O–H groups in total. The number of hydrogen-bond donors (Lipinski definition) is 0. The van der Waals surface area contributed by atoms with Gasteiger partial charge in [0, 0.05) is 0 Å². The van der Waals surface area contributed by atoms with Gasteiger partial charge < -0.3 is 9.47 Å². The van der Waals surface area contributed by atoms with E-state index in [1.807, 2.05) is 45.9 Å². The van der Waals surface area contributed by atoms with E-state index in [0.29, 0.717) is 17.5 Å². The molecule has 0 spiro atoms. The van der Waals surface area contributed by atoms with Crippen LogP contribution in [0, 0.1) is 10.8 Å². The minimum absolute atomic E-state index is 0.0498. The Balaban J connectivity index is 2.18. The van der Waals surface area contributed by atoms with E-state index in [1.54, 1.807) is 24.3 Å². The van der Waals surface area contributed by atoms with E-state index in [2.05, 4.69) is 41.2 Å². The largest absolute Gasteiger partial charge is 0.456 e. The topological polar surface area (TPSA) is 52.6 Å². The lowest BCUT2D eigenvalue weighted by molar-refractivity contribution is -0.0183. The van der Waals surface area contributed by atoms with Crippen LogP contribution in [0.15, 0.2) is 49.1 Å². The lowest BCUT2D eigenvalue weighted by Gasteiger charge is -2.32. The Morgan fingerprint density at radius 2 is 1.12 bits per heavy atom. The Morgan fingerprint density at radius 1 is 0.727 bits per heavy atom. The molecule has 0 saturated carbocycles. The second-order valence-corrected chi connectivity index (χ2v) is 12.2. The molecular formula is C29H40O4. The summed E-state index contributed by atoms with van der Waals surface area (Å²) in [6.45, 7) is 22.1. The summed E-state index contributed by atoms with van der Waals surface area (Å²) in [5.74, 6) is -0.713. The molecular weight excluding hydrogens is 412 g/mol. The van der Waals surface area contributed by atoms with Crippen LogP contribution >= 0.6 is 0 Å². The lowest BCUT2D eigenvalue weighted by Crippen LogP contribution is -2.33. The molecule has 4 heteroatoms. The van der Waals surface area contributed by atoms with Crippen LogP contribution in [0.25, 0.3) is 10.8 Å². The van der Waals surface area contributed by atoms with E-state index < -0.39 is 11.2 Å². The van der Waals surface area contributed by atoms with Crippen molar-refractivity contribution in [1.82, 2.24) is 0 Å². The first-order valence-corrected chi connectivity index (χ1v) is 11.6. The zero-order valence-electron chi connectivity index (χ0n) is 21.8. The van der Waals surface area contributed by atoms with Crippen molar-refractivity contribution >= 4 is 22.7 Å². The van der Waals surface area contributed by atoms with Crippen LogP contribution in [0.2, 0.25) is 0 Å². The molecule has 0 atom stereocenters. The highest BCUT2D eigenvalue weighted by Gasteiger charge is 2.31. The first-order chi connectivity index (χ1) is 14.9. The van der Waals surface area contributed by atoms with Crippen molar-refractivity contribution in [2.24, 2.45) is 10.8 Å². The smallest absolute Gasteiger partial charge is 0.338 e. The summed E-state index contributed by atoms with van der Waals surface area (Å²) in [5.41, 5.74) is -0.309. The number of hydrogen-bond acceptors (Lipinski definition) is 4. The normalized spacial score (nSPS) is 13.0. The second-order valence-electron chi connectivity index (χ2n) is 12.2. The quantitative estimate of drug-likeness (QED) is 0.303. The maximum absolute atomic E-state index is 12.8. The monoisotopic (exact) mass is 452 g/mol. The van der Waals surface area contributed by atoms with Gasteiger partial charge in [0.15, 0.2) is 0 Å². The number of carbonyl (C=O) groups excluding carboxylic acids is 2. The van der Waals surface area contributed by atoms with E-state index in [4.69, 9.17) is 9.47 Å². The van der Waals surface area contributed by atoms with Gasteiger partial charge in [0.1, 0.15) is 11.2 Å². The Labute approximate surface area is 199 Å². The van der Waals surface area contributed by atoms with Gasteiger partial charge in [-0.2, -0.15) is 0 Å². The Morgan fingerprint density at radius 3 is 1.48 bits per heavy atom. The minimum Gasteiger partial charge on any atom is -0.456 e. The Kier molecular flexibility index (Phi) is 7.52. The number of esters is 2. The molecule has 0 aliphatic carbocycles. The van der Waals surface area contributed by atoms with Crippen LogP contribution < -0.4 is 0 Å². The van der Waals surface area contributed by atoms with Crippen LogP contribution in [0.5, 0.6) is 0 Å². The van der Waals surface area contributed by atoms with Gasteiger partial charge in [-0.25, -0.2) is 9.59 Å². The van der Waals surface area contributed by atoms with E-state index in [1.165, 1.54) is 0 Å². The summed E-state index contributed by atoms with van der Waals surface area (Å²) < 4.78 is 11.6. The maximum Gasteiger partial charge on any atom is 0.338 e. The van der Waals surface area contributed by atoms with Crippen LogP contribution in [0.3, 0.4) is 0 Å². The fourth-order valence-corrected chi connectivity index (χ4v) is 4.64. The SMILES string of the molecule is C=CC(C)(C)CC(C)(C)OC(=O)c1ccc2cc(C(=O)OC(C)(C)CC(C)(C)C)ccc2c1. The molecule has 2 aromatic carbocycles. The molecule has 2 aromatic rings. The summed E-state index contributed by atoms with van der Waals surface area (Å²) in [5, 5.41) is 1.72. The number of ether oxygens (including phenoxy) is 2. The summed E-state index contributed by atoms with van der Waals surface area (Å²) >= 11 is 0. The van der Waals surface area contributed by atoms with Gasteiger partial charge in [-0.1, -0.05) is 52.8 Å². The maximum atomic E-state index is 12.8. The molecule has 0 aliphatic heterocycles. The fourth-order valence-electron chi connectivity index (χ4n) is 4.64. The van der Waals surface area contributed by atoms with Crippen molar-refractivity contribution in [3.8, 4) is 0 Å². The van der Waals surface area contributed by atoms with E-state index in [-0.39, 0.29) is 22.8 Å². The van der Waals surface area contributed by atoms with Crippen LogP contribution in [-0.4, -0.2) is 23.1 Å². The third-order valence-corrected chi connectivity index (χ3v) is 5.44. The van der Waals surface area contributed by atoms with Crippen molar-refractivity contribution < 1.29 is 19.1 Å². The fraction of sp³-hybridized carbons (Fsp3) is 0.517. The standard InChI is InChI=1S/C29H40O4/c1-11-27(5,6)19-29(9,10)33-25(31)23-15-13-20-16-22(14-12-21(20)17-23)24(30)32-28(7,8)18-26(2,3)4/h11-17H,1,18-19H2,2-10H3. The minimum atomic E-state index is -0.628. The van der Waals surface area contributed by atoms with Gasteiger partial charge in [-0.3, -0.25) is 0 Å². The van der Waals surface area contributed by atoms with Crippen LogP contribution in [0.4, 0.5) is 0 Å². The van der Waals surface area contributed by atoms with Gasteiger partial charge in [0.2, 0.25) is 0 Å². The molecule has 0 heterocycles. The van der Waals surface area contributed by atoms with Crippen molar-refractivity contribution in [2.45, 2.75) is 86.4 Å². The zero-order valence-corrected chi connectivity index (χ0v) is 21.8. The highest BCUT2D eigenvalue weighted by Crippen LogP contribution is 2.32. The molecule has 0 aliphatic rings. The van der Waals surface area contributed by atoms with E-state index in [0.717, 1.165) is 17.2 Å². The molecule has 180 valence electrons. The first kappa shape index (κ1) is 26.6. The molecule has 0 bridgehead atoms. The molecule has 0 unspecified atom stereocenters. The molecule has 0 amide bonds. The average molecular weight is 453 g/mol. The number of carbonyl (C=O) groups is 2. The number of fused-ring (bicyclic) bond motifs is 1. The highest BCUT2D eigenvalue weighted by molar-refractivity contribution is 5.99. The number of allylic oxidation sites excluding steroid dienone is 1. The van der Waals surface area contributed by atoms with E-state index >= 15 is 0 Å². The van der Waals surface area contributed by atoms with E-state index in [9.17, 15) is 9.59 Å². The zero-order chi connectivity index (χ0) is 25.2. The van der Waals surface area contributed by atoms with Crippen molar-refractivity contribution in [1.29, 1.82) is 0 Å². The molecule has 2 rings (SSSR count). The summed E-state index contributed by atoms with van der Waals surface area (Å²) in [6.07, 6.45) is 3.30. The second kappa shape index (κ2) is 9.32. The first-order valence-electron chi connectivity index (χ1n) is 11.6. The van der Waals surface area contributed by atoms with Gasteiger partial charge in [0.05, 0.1) is 11.1 Å². The predicted octanol–water partition coefficient (Wildman–Crippen LogP) is 7.75. The lowest BCUT2D eigenvalue weighted by atomic mass is 9.82. The summed E-state index contributed by atoms with van der Waals surface area (Å²) in [6, 6.07) is 10.7. The predicted molar refractivity (Wildman–Crippen MR) is 136 cm³/mol. The molecule has 0 radical (unpaired) electrons. The van der Waals surface area contributed by atoms with Crippen molar-refractivity contribution in [2.75, 3.05) is 0 Å². The van der Waals surface area contributed by atoms with Crippen molar-refractivity contribution in [3.63, 3.8) is 0 Å². The summed E-state index contributed by atoms with van der Waals surface area (Å²) in [4.78, 5) is 25.6. The molecule has 0 fully saturated rings. The third kappa shape index (κ3) is 8.03. The summed E-state index contributed by atoms with van der Waals surface area (Å²) in [7, 11) is 0. The van der Waals surface area contributed by atoms with Crippen molar-refractivity contribution in [3.05, 3.63) is 60.2 Å². The van der Waals surface area contributed by atoms with Gasteiger partial charge in [-0.05, 0) is 86.4 Å². The third-order valence-electron chi connectivity index (χ3n) is 5.44. The number of benzene rings is 2. The average Bonchev–Trinajstić information content (AvgIpc) is 2.63. The van der Waals surface area contributed by atoms with Gasteiger partial charge >= 0.3 is 11.9 Å². The molecule has 33 heavy (non-hydrogen) atoms. The Hall–Kier alpha value is -2.62. The Bertz CT molecular complexity index is 1040. The van der Waals surface area contributed by atoms with Crippen LogP contribution in [0.1, 0.15) is 95.9 Å². The highest BCUT2D eigenvalue weighted by atomic mass is 16.6. The molecule has 0 saturated heterocycles.